The fourth-order valence-electron chi connectivity index (χ4n) is 1.87. The number of nitrogens with one attached hydrogen (secondary N) is 1. The molecule has 0 aliphatic heterocycles. The number of rotatable bonds is 6. The number of aliphatic carboxylic acids is 1. The molecule has 1 amide bonds. The molecule has 0 aliphatic rings. The normalized spacial score (nSPS) is 10.2. The van der Waals surface area contributed by atoms with Gasteiger partial charge < -0.3 is 15.0 Å². The first-order valence-corrected chi connectivity index (χ1v) is 6.40. The number of carboxylic acids is 1. The Labute approximate surface area is 116 Å². The number of hydrogen-bond donors (Lipinski definition) is 2. The summed E-state index contributed by atoms with van der Waals surface area (Å²) in [5.41, 5.74) is 1.66. The highest BCUT2D eigenvalue weighted by Crippen LogP contribution is 2.15. The predicted molar refractivity (Wildman–Crippen MR) is 75.9 cm³/mol. The van der Waals surface area contributed by atoms with Crippen LogP contribution in [0.25, 0.3) is 5.69 Å². The molecular formula is C15H16N2O3. The van der Waals surface area contributed by atoms with Gasteiger partial charge in [-0.2, -0.15) is 0 Å². The minimum Gasteiger partial charge on any atom is -0.481 e. The van der Waals surface area contributed by atoms with Crippen LogP contribution in [0.1, 0.15) is 19.3 Å². The summed E-state index contributed by atoms with van der Waals surface area (Å²) in [6, 6.07) is 11.3. The van der Waals surface area contributed by atoms with Crippen LogP contribution in [0.4, 0.5) is 5.69 Å². The van der Waals surface area contributed by atoms with Crippen molar-refractivity contribution in [2.45, 2.75) is 19.3 Å². The number of carbonyl (C=O) groups is 2. The monoisotopic (exact) mass is 272 g/mol. The van der Waals surface area contributed by atoms with E-state index in [-0.39, 0.29) is 18.7 Å². The van der Waals surface area contributed by atoms with E-state index < -0.39 is 5.97 Å². The van der Waals surface area contributed by atoms with Gasteiger partial charge in [0.25, 0.3) is 0 Å². The van der Waals surface area contributed by atoms with Crippen molar-refractivity contribution in [3.8, 4) is 5.69 Å². The van der Waals surface area contributed by atoms with E-state index >= 15 is 0 Å². The van der Waals surface area contributed by atoms with E-state index in [0.717, 1.165) is 5.69 Å². The van der Waals surface area contributed by atoms with Gasteiger partial charge in [-0.3, -0.25) is 9.59 Å². The molecule has 0 saturated carbocycles. The summed E-state index contributed by atoms with van der Waals surface area (Å²) in [4.78, 5) is 22.1. The van der Waals surface area contributed by atoms with Crippen LogP contribution in [0.3, 0.4) is 0 Å². The molecule has 2 rings (SSSR count). The average molecular weight is 272 g/mol. The molecule has 0 spiro atoms. The highest BCUT2D eigenvalue weighted by atomic mass is 16.4. The number of amides is 1. The largest absolute Gasteiger partial charge is 0.481 e. The Hall–Kier alpha value is -2.56. The molecule has 0 saturated heterocycles. The lowest BCUT2D eigenvalue weighted by Gasteiger charge is -2.08. The lowest BCUT2D eigenvalue weighted by molar-refractivity contribution is -0.137. The van der Waals surface area contributed by atoms with Gasteiger partial charge >= 0.3 is 5.97 Å². The molecule has 0 radical (unpaired) electrons. The zero-order valence-corrected chi connectivity index (χ0v) is 11.0. The van der Waals surface area contributed by atoms with Gasteiger partial charge in [-0.25, -0.2) is 0 Å². The zero-order valence-electron chi connectivity index (χ0n) is 11.0. The minimum atomic E-state index is -0.882. The Kier molecular flexibility index (Phi) is 4.55. The summed E-state index contributed by atoms with van der Waals surface area (Å²) in [6.07, 6.45) is 4.41. The van der Waals surface area contributed by atoms with Crippen LogP contribution in [0.15, 0.2) is 48.8 Å². The molecular weight excluding hydrogens is 256 g/mol. The number of carbonyl (C=O) groups excluding carboxylic acids is 1. The van der Waals surface area contributed by atoms with E-state index in [4.69, 9.17) is 5.11 Å². The summed E-state index contributed by atoms with van der Waals surface area (Å²) in [5, 5.41) is 11.3. The lowest BCUT2D eigenvalue weighted by atomic mass is 10.2. The number of hydrogen-bond acceptors (Lipinski definition) is 2. The molecule has 0 fully saturated rings. The quantitative estimate of drug-likeness (QED) is 0.849. The molecule has 5 nitrogen and oxygen atoms in total. The van der Waals surface area contributed by atoms with Crippen molar-refractivity contribution < 1.29 is 14.7 Å². The van der Waals surface area contributed by atoms with Crippen molar-refractivity contribution in [3.05, 3.63) is 48.8 Å². The highest BCUT2D eigenvalue weighted by molar-refractivity contribution is 5.91. The van der Waals surface area contributed by atoms with Crippen LogP contribution in [0.5, 0.6) is 0 Å². The van der Waals surface area contributed by atoms with Crippen molar-refractivity contribution in [2.75, 3.05) is 5.32 Å². The van der Waals surface area contributed by atoms with E-state index in [1.54, 1.807) is 0 Å². The summed E-state index contributed by atoms with van der Waals surface area (Å²) >= 11 is 0. The smallest absolute Gasteiger partial charge is 0.303 e. The van der Waals surface area contributed by atoms with Crippen molar-refractivity contribution in [3.63, 3.8) is 0 Å². The van der Waals surface area contributed by atoms with Gasteiger partial charge in [-0.05, 0) is 36.8 Å². The molecule has 1 heterocycles. The number of carboxylic acid groups (broad SMARTS) is 1. The van der Waals surface area contributed by atoms with Gasteiger partial charge in [0.2, 0.25) is 5.91 Å². The lowest BCUT2D eigenvalue weighted by Crippen LogP contribution is -2.12. The van der Waals surface area contributed by atoms with Gasteiger partial charge in [0, 0.05) is 36.6 Å². The molecule has 5 heteroatoms. The third kappa shape index (κ3) is 3.98. The Morgan fingerprint density at radius 3 is 2.55 bits per heavy atom. The van der Waals surface area contributed by atoms with Crippen molar-refractivity contribution in [2.24, 2.45) is 0 Å². The van der Waals surface area contributed by atoms with Crippen LogP contribution in [0, 0.1) is 0 Å². The van der Waals surface area contributed by atoms with Crippen LogP contribution in [-0.4, -0.2) is 21.6 Å². The van der Waals surface area contributed by atoms with E-state index in [0.29, 0.717) is 12.1 Å². The maximum Gasteiger partial charge on any atom is 0.303 e. The number of benzene rings is 1. The maximum atomic E-state index is 11.7. The maximum absolute atomic E-state index is 11.7. The number of aromatic nitrogens is 1. The van der Waals surface area contributed by atoms with E-state index in [2.05, 4.69) is 5.32 Å². The molecule has 1 aromatic heterocycles. The van der Waals surface area contributed by atoms with E-state index in [1.807, 2.05) is 53.4 Å². The molecule has 0 aliphatic carbocycles. The summed E-state index contributed by atoms with van der Waals surface area (Å²) in [6.45, 7) is 0. The number of anilines is 1. The van der Waals surface area contributed by atoms with Gasteiger partial charge in [0.1, 0.15) is 0 Å². The Balaban J connectivity index is 1.94. The summed E-state index contributed by atoms with van der Waals surface area (Å²) < 4.78 is 1.94. The van der Waals surface area contributed by atoms with E-state index in [1.165, 1.54) is 0 Å². The van der Waals surface area contributed by atoms with Crippen LogP contribution in [0.2, 0.25) is 0 Å². The van der Waals surface area contributed by atoms with Crippen LogP contribution >= 0.6 is 0 Å². The van der Waals surface area contributed by atoms with Gasteiger partial charge in [0.15, 0.2) is 0 Å². The molecule has 0 atom stereocenters. The second-order valence-electron chi connectivity index (χ2n) is 4.44. The third-order valence-electron chi connectivity index (χ3n) is 2.83. The fourth-order valence-corrected chi connectivity index (χ4v) is 1.87. The third-order valence-corrected chi connectivity index (χ3v) is 2.83. The topological polar surface area (TPSA) is 71.3 Å². The molecule has 0 unspecified atom stereocenters. The average Bonchev–Trinajstić information content (AvgIpc) is 2.92. The standard InChI is InChI=1S/C15H16N2O3/c18-14(7-4-8-15(19)20)16-12-5-3-6-13(11-12)17-9-1-2-10-17/h1-3,5-6,9-11H,4,7-8H2,(H,16,18)(H,19,20). The molecule has 2 aromatic rings. The van der Waals surface area contributed by atoms with Crippen molar-refractivity contribution >= 4 is 17.6 Å². The predicted octanol–water partition coefficient (Wildman–Crippen LogP) is 2.67. The van der Waals surface area contributed by atoms with Gasteiger partial charge in [-0.1, -0.05) is 6.07 Å². The van der Waals surface area contributed by atoms with E-state index in [9.17, 15) is 9.59 Å². The summed E-state index contributed by atoms with van der Waals surface area (Å²) in [7, 11) is 0. The van der Waals surface area contributed by atoms with Crippen LogP contribution in [-0.2, 0) is 9.59 Å². The second kappa shape index (κ2) is 6.56. The van der Waals surface area contributed by atoms with Crippen molar-refractivity contribution in [1.29, 1.82) is 0 Å². The summed E-state index contributed by atoms with van der Waals surface area (Å²) in [5.74, 6) is -1.05. The minimum absolute atomic E-state index is 0.0107. The fraction of sp³-hybridized carbons (Fsp3) is 0.200. The molecule has 1 aromatic carbocycles. The molecule has 0 bridgehead atoms. The van der Waals surface area contributed by atoms with Crippen LogP contribution < -0.4 is 5.32 Å². The molecule has 104 valence electrons. The SMILES string of the molecule is O=C(O)CCCC(=O)Nc1cccc(-n2cccc2)c1. The highest BCUT2D eigenvalue weighted by Gasteiger charge is 2.05. The number of nitrogens with zero attached hydrogens (tertiary/aromatic N) is 1. The Bertz CT molecular complexity index is 591. The zero-order chi connectivity index (χ0) is 14.4. The molecule has 2 N–H and O–H groups in total. The van der Waals surface area contributed by atoms with Gasteiger partial charge in [0.05, 0.1) is 0 Å². The Morgan fingerprint density at radius 2 is 1.85 bits per heavy atom. The van der Waals surface area contributed by atoms with Gasteiger partial charge in [-0.15, -0.1) is 0 Å². The first kappa shape index (κ1) is 13.9. The first-order valence-electron chi connectivity index (χ1n) is 6.40. The second-order valence-corrected chi connectivity index (χ2v) is 4.44. The Morgan fingerprint density at radius 1 is 1.10 bits per heavy atom. The first-order chi connectivity index (χ1) is 9.65. The van der Waals surface area contributed by atoms with Crippen molar-refractivity contribution in [1.82, 2.24) is 4.57 Å². The molecule has 20 heavy (non-hydrogen) atoms.